The molecule has 0 saturated heterocycles. The van der Waals surface area contributed by atoms with Gasteiger partial charge in [0.05, 0.1) is 28.4 Å². The second-order valence-corrected chi connectivity index (χ2v) is 5.68. The summed E-state index contributed by atoms with van der Waals surface area (Å²) in [6.45, 7) is 7.06. The fraction of sp³-hybridized carbons (Fsp3) is 0.118. The molecule has 9 heteroatoms. The molecule has 0 unspecified atom stereocenters. The fourth-order valence-corrected chi connectivity index (χ4v) is 2.86. The van der Waals surface area contributed by atoms with E-state index in [1.807, 2.05) is 0 Å². The van der Waals surface area contributed by atoms with Gasteiger partial charge in [-0.3, -0.25) is 4.57 Å². The SMILES string of the molecule is [C-]#[N+]c1cc2c(NC)nc(=O)n(-c3ccccc3Cl)c2cc1C(F)(F)F. The second kappa shape index (κ2) is 6.35. The Kier molecular flexibility index (Phi) is 4.34. The maximum absolute atomic E-state index is 13.4. The topological polar surface area (TPSA) is 51.3 Å². The monoisotopic (exact) mass is 378 g/mol. The molecule has 0 fully saturated rings. The van der Waals surface area contributed by atoms with Crippen LogP contribution in [0.1, 0.15) is 5.56 Å². The lowest BCUT2D eigenvalue weighted by molar-refractivity contribution is -0.136. The van der Waals surface area contributed by atoms with Crippen LogP contribution in [0.2, 0.25) is 5.02 Å². The van der Waals surface area contributed by atoms with Crippen molar-refractivity contribution in [3.8, 4) is 5.69 Å². The quantitative estimate of drug-likeness (QED) is 0.660. The number of rotatable bonds is 2. The second-order valence-electron chi connectivity index (χ2n) is 5.28. The number of halogens is 4. The normalized spacial score (nSPS) is 11.4. The van der Waals surface area contributed by atoms with Crippen LogP contribution in [-0.2, 0) is 6.18 Å². The average molecular weight is 379 g/mol. The summed E-state index contributed by atoms with van der Waals surface area (Å²) < 4.78 is 41.1. The lowest BCUT2D eigenvalue weighted by Crippen LogP contribution is -2.23. The minimum atomic E-state index is -4.75. The molecule has 0 bridgehead atoms. The highest BCUT2D eigenvalue weighted by atomic mass is 35.5. The maximum Gasteiger partial charge on any atom is 0.407 e. The summed E-state index contributed by atoms with van der Waals surface area (Å²) in [5.74, 6) is 0.0759. The van der Waals surface area contributed by atoms with Crippen LogP contribution >= 0.6 is 11.6 Å². The van der Waals surface area contributed by atoms with Crippen molar-refractivity contribution in [3.05, 3.63) is 68.9 Å². The van der Waals surface area contributed by atoms with E-state index in [2.05, 4.69) is 15.1 Å². The van der Waals surface area contributed by atoms with E-state index < -0.39 is 23.1 Å². The smallest absolute Gasteiger partial charge is 0.372 e. The van der Waals surface area contributed by atoms with Crippen LogP contribution in [0.3, 0.4) is 0 Å². The number of hydrogen-bond acceptors (Lipinski definition) is 3. The summed E-state index contributed by atoms with van der Waals surface area (Å²) in [6, 6.07) is 8.09. The van der Waals surface area contributed by atoms with Crippen LogP contribution in [0.4, 0.5) is 24.7 Å². The van der Waals surface area contributed by atoms with Gasteiger partial charge in [0.1, 0.15) is 5.82 Å². The van der Waals surface area contributed by atoms with Gasteiger partial charge in [-0.1, -0.05) is 23.7 Å². The summed E-state index contributed by atoms with van der Waals surface area (Å²) >= 11 is 6.12. The Morgan fingerprint density at radius 2 is 1.96 bits per heavy atom. The molecule has 1 aromatic heterocycles. The van der Waals surface area contributed by atoms with E-state index in [0.717, 1.165) is 16.7 Å². The van der Waals surface area contributed by atoms with E-state index >= 15 is 0 Å². The molecule has 0 radical (unpaired) electrons. The zero-order chi connectivity index (χ0) is 19.1. The molecule has 0 saturated carbocycles. The summed E-state index contributed by atoms with van der Waals surface area (Å²) in [4.78, 5) is 19.3. The van der Waals surface area contributed by atoms with Crippen LogP contribution in [-0.4, -0.2) is 16.6 Å². The van der Waals surface area contributed by atoms with Crippen molar-refractivity contribution in [2.45, 2.75) is 6.18 Å². The fourth-order valence-electron chi connectivity index (χ4n) is 2.64. The van der Waals surface area contributed by atoms with E-state index in [4.69, 9.17) is 18.2 Å². The maximum atomic E-state index is 13.4. The first-order chi connectivity index (χ1) is 12.3. The number of alkyl halides is 3. The first-order valence-corrected chi connectivity index (χ1v) is 7.64. The Labute approximate surface area is 150 Å². The molecule has 5 nitrogen and oxygen atoms in total. The molecule has 0 atom stereocenters. The predicted octanol–water partition coefficient (Wildman–Crippen LogP) is 4.65. The van der Waals surface area contributed by atoms with Crippen molar-refractivity contribution in [2.75, 3.05) is 12.4 Å². The first kappa shape index (κ1) is 17.8. The first-order valence-electron chi connectivity index (χ1n) is 7.26. The Morgan fingerprint density at radius 3 is 2.54 bits per heavy atom. The Balaban J connectivity index is 2.54. The third kappa shape index (κ3) is 2.86. The van der Waals surface area contributed by atoms with Crippen LogP contribution in [0.5, 0.6) is 0 Å². The Bertz CT molecular complexity index is 1120. The molecule has 2 aromatic carbocycles. The third-order valence-corrected chi connectivity index (χ3v) is 4.08. The zero-order valence-electron chi connectivity index (χ0n) is 13.2. The van der Waals surface area contributed by atoms with Gasteiger partial charge in [0.2, 0.25) is 0 Å². The number of hydrogen-bond donors (Lipinski definition) is 1. The van der Waals surface area contributed by atoms with Crippen molar-refractivity contribution >= 4 is 34.0 Å². The molecule has 0 aliphatic carbocycles. The van der Waals surface area contributed by atoms with Crippen molar-refractivity contribution in [1.82, 2.24) is 9.55 Å². The van der Waals surface area contributed by atoms with Gasteiger partial charge in [0.15, 0.2) is 5.69 Å². The van der Waals surface area contributed by atoms with Gasteiger partial charge in [0, 0.05) is 12.4 Å². The lowest BCUT2D eigenvalue weighted by atomic mass is 10.1. The minimum Gasteiger partial charge on any atom is -0.372 e. The van der Waals surface area contributed by atoms with Gasteiger partial charge in [-0.05, 0) is 24.3 Å². The summed E-state index contributed by atoms with van der Waals surface area (Å²) in [7, 11) is 1.48. The number of aromatic nitrogens is 2. The largest absolute Gasteiger partial charge is 0.407 e. The highest BCUT2D eigenvalue weighted by Crippen LogP contribution is 2.40. The van der Waals surface area contributed by atoms with E-state index in [-0.39, 0.29) is 27.4 Å². The predicted molar refractivity (Wildman–Crippen MR) is 93.2 cm³/mol. The molecule has 0 amide bonds. The van der Waals surface area contributed by atoms with Crippen molar-refractivity contribution < 1.29 is 13.2 Å². The molecule has 26 heavy (non-hydrogen) atoms. The van der Waals surface area contributed by atoms with Gasteiger partial charge in [0.25, 0.3) is 0 Å². The molecular formula is C17H10ClF3N4O. The molecule has 0 aliphatic rings. The van der Waals surface area contributed by atoms with Crippen LogP contribution < -0.4 is 11.0 Å². The summed E-state index contributed by atoms with van der Waals surface area (Å²) in [5, 5.41) is 3.05. The molecule has 0 spiro atoms. The highest BCUT2D eigenvalue weighted by Gasteiger charge is 2.34. The minimum absolute atomic E-state index is 0.0535. The summed E-state index contributed by atoms with van der Waals surface area (Å²) in [6.07, 6.45) is -4.75. The third-order valence-electron chi connectivity index (χ3n) is 3.76. The molecular weight excluding hydrogens is 369 g/mol. The van der Waals surface area contributed by atoms with Crippen molar-refractivity contribution in [1.29, 1.82) is 0 Å². The van der Waals surface area contributed by atoms with Gasteiger partial charge in [-0.2, -0.15) is 18.2 Å². The van der Waals surface area contributed by atoms with Crippen molar-refractivity contribution in [2.24, 2.45) is 0 Å². The molecule has 1 N–H and O–H groups in total. The molecule has 0 aliphatic heterocycles. The number of benzene rings is 2. The van der Waals surface area contributed by atoms with E-state index in [0.29, 0.717) is 0 Å². The summed E-state index contributed by atoms with van der Waals surface area (Å²) in [5.41, 5.74) is -2.36. The number of fused-ring (bicyclic) bond motifs is 1. The van der Waals surface area contributed by atoms with E-state index in [1.54, 1.807) is 12.1 Å². The number of nitrogens with zero attached hydrogens (tertiary/aromatic N) is 3. The van der Waals surface area contributed by atoms with Crippen LogP contribution in [0, 0.1) is 6.57 Å². The van der Waals surface area contributed by atoms with Gasteiger partial charge in [-0.25, -0.2) is 9.64 Å². The number of nitrogens with one attached hydrogen (secondary N) is 1. The molecule has 3 rings (SSSR count). The molecule has 1 heterocycles. The van der Waals surface area contributed by atoms with Gasteiger partial charge >= 0.3 is 11.9 Å². The Morgan fingerprint density at radius 1 is 1.27 bits per heavy atom. The lowest BCUT2D eigenvalue weighted by Gasteiger charge is -2.16. The highest BCUT2D eigenvalue weighted by molar-refractivity contribution is 6.32. The average Bonchev–Trinajstić information content (AvgIpc) is 2.60. The number of anilines is 1. The van der Waals surface area contributed by atoms with E-state index in [9.17, 15) is 18.0 Å². The molecule has 3 aromatic rings. The Hall–Kier alpha value is -3.05. The molecule has 132 valence electrons. The standard InChI is InChI=1S/C17H10ClF3N4O/c1-22-12-7-9-14(8-10(12)17(19,20)21)25(16(26)24-15(9)23-2)13-6-4-3-5-11(13)18/h3-8H,2H3,(H,23,24,26). The number of para-hydroxylation sites is 1. The van der Waals surface area contributed by atoms with Crippen LogP contribution in [0.15, 0.2) is 41.2 Å². The van der Waals surface area contributed by atoms with Crippen molar-refractivity contribution in [3.63, 3.8) is 0 Å². The van der Waals surface area contributed by atoms with E-state index in [1.165, 1.54) is 19.2 Å². The van der Waals surface area contributed by atoms with Crippen LogP contribution in [0.25, 0.3) is 21.4 Å². The van der Waals surface area contributed by atoms with Gasteiger partial charge in [-0.15, -0.1) is 0 Å². The van der Waals surface area contributed by atoms with Gasteiger partial charge < -0.3 is 5.32 Å². The zero-order valence-corrected chi connectivity index (χ0v) is 14.0.